The number of nitrogens with one attached hydrogen (secondary N) is 2. The van der Waals surface area contributed by atoms with Gasteiger partial charge in [0.05, 0.1) is 17.6 Å². The van der Waals surface area contributed by atoms with E-state index in [-0.39, 0.29) is 12.2 Å². The van der Waals surface area contributed by atoms with Gasteiger partial charge in [-0.05, 0) is 48.7 Å². The summed E-state index contributed by atoms with van der Waals surface area (Å²) in [5, 5.41) is 16.5. The van der Waals surface area contributed by atoms with Gasteiger partial charge >= 0.3 is 12.0 Å². The third-order valence-electron chi connectivity index (χ3n) is 3.87. The highest BCUT2D eigenvalue weighted by Crippen LogP contribution is 2.24. The smallest absolute Gasteiger partial charge is 0.337 e. The molecule has 2 aromatic rings. The van der Waals surface area contributed by atoms with Gasteiger partial charge in [0.25, 0.3) is 5.69 Å². The van der Waals surface area contributed by atoms with E-state index in [1.54, 1.807) is 26.0 Å². The van der Waals surface area contributed by atoms with Gasteiger partial charge in [-0.3, -0.25) is 10.1 Å². The number of nitro benzene ring substituents is 1. The lowest BCUT2D eigenvalue weighted by Gasteiger charge is -2.14. The first kappa shape index (κ1) is 20.2. The average Bonchev–Trinajstić information content (AvgIpc) is 2.62. The molecule has 0 aliphatic heterocycles. The molecule has 2 amide bonds. The summed E-state index contributed by atoms with van der Waals surface area (Å²) in [6, 6.07) is 6.74. The second-order valence-corrected chi connectivity index (χ2v) is 6.22. The van der Waals surface area contributed by atoms with Crippen molar-refractivity contribution < 1.29 is 19.2 Å². The van der Waals surface area contributed by atoms with Crippen LogP contribution in [0.3, 0.4) is 0 Å². The first-order valence-electron chi connectivity index (χ1n) is 7.90. The minimum Gasteiger partial charge on any atom is -0.465 e. The number of non-ortho nitro benzene ring substituents is 1. The Kier molecular flexibility index (Phi) is 6.36. The van der Waals surface area contributed by atoms with Crippen molar-refractivity contribution in [1.29, 1.82) is 0 Å². The largest absolute Gasteiger partial charge is 0.465 e. The molecule has 9 heteroatoms. The van der Waals surface area contributed by atoms with Crippen LogP contribution in [0, 0.1) is 24.0 Å². The van der Waals surface area contributed by atoms with Crippen molar-refractivity contribution in [2.24, 2.45) is 0 Å². The number of halogens is 1. The van der Waals surface area contributed by atoms with Crippen molar-refractivity contribution in [3.8, 4) is 0 Å². The SMILES string of the molecule is COC(=O)c1cc(C)c(NC(=O)NCc2cc([N+](=O)[O-])ccc2Cl)c(C)c1. The van der Waals surface area contributed by atoms with Crippen LogP contribution in [0.2, 0.25) is 5.02 Å². The van der Waals surface area contributed by atoms with Crippen molar-refractivity contribution in [2.45, 2.75) is 20.4 Å². The van der Waals surface area contributed by atoms with E-state index < -0.39 is 16.9 Å². The zero-order chi connectivity index (χ0) is 20.1. The maximum atomic E-state index is 12.2. The van der Waals surface area contributed by atoms with E-state index in [0.717, 1.165) is 0 Å². The van der Waals surface area contributed by atoms with Gasteiger partial charge in [0.1, 0.15) is 0 Å². The van der Waals surface area contributed by atoms with Crippen molar-refractivity contribution in [3.05, 3.63) is 67.7 Å². The van der Waals surface area contributed by atoms with Crippen LogP contribution in [0.25, 0.3) is 0 Å². The molecule has 0 saturated heterocycles. The number of aryl methyl sites for hydroxylation is 2. The highest BCUT2D eigenvalue weighted by molar-refractivity contribution is 6.31. The summed E-state index contributed by atoms with van der Waals surface area (Å²) < 4.78 is 4.69. The van der Waals surface area contributed by atoms with Gasteiger partial charge < -0.3 is 15.4 Å². The lowest BCUT2D eigenvalue weighted by atomic mass is 10.0. The third kappa shape index (κ3) is 4.95. The number of nitrogens with zero attached hydrogens (tertiary/aromatic N) is 1. The molecule has 0 aliphatic carbocycles. The topological polar surface area (TPSA) is 111 Å². The molecule has 0 fully saturated rings. The number of esters is 1. The molecule has 2 N–H and O–H groups in total. The third-order valence-corrected chi connectivity index (χ3v) is 4.24. The number of hydrogen-bond donors (Lipinski definition) is 2. The first-order chi connectivity index (χ1) is 12.7. The van der Waals surface area contributed by atoms with Crippen LogP contribution in [0.15, 0.2) is 30.3 Å². The monoisotopic (exact) mass is 391 g/mol. The Labute approximate surface area is 160 Å². The van der Waals surface area contributed by atoms with Gasteiger partial charge in [0.2, 0.25) is 0 Å². The number of benzene rings is 2. The molecule has 27 heavy (non-hydrogen) atoms. The van der Waals surface area contributed by atoms with Crippen LogP contribution in [0.1, 0.15) is 27.0 Å². The lowest BCUT2D eigenvalue weighted by Crippen LogP contribution is -2.29. The Hall–Kier alpha value is -3.13. The van der Waals surface area contributed by atoms with Crippen molar-refractivity contribution in [2.75, 3.05) is 12.4 Å². The fourth-order valence-electron chi connectivity index (χ4n) is 2.54. The molecule has 0 bridgehead atoms. The molecule has 2 aromatic carbocycles. The summed E-state index contributed by atoms with van der Waals surface area (Å²) in [7, 11) is 1.30. The molecule has 2 rings (SSSR count). The summed E-state index contributed by atoms with van der Waals surface area (Å²) in [5.41, 5.74) is 2.65. The lowest BCUT2D eigenvalue weighted by molar-refractivity contribution is -0.384. The summed E-state index contributed by atoms with van der Waals surface area (Å²) >= 11 is 6.02. The molecule has 0 heterocycles. The van der Waals surface area contributed by atoms with Crippen molar-refractivity contribution in [3.63, 3.8) is 0 Å². The van der Waals surface area contributed by atoms with E-state index in [1.807, 2.05) is 0 Å². The summed E-state index contributed by atoms with van der Waals surface area (Å²) in [6.45, 7) is 3.53. The van der Waals surface area contributed by atoms with Crippen molar-refractivity contribution >= 4 is 35.0 Å². The Bertz CT molecular complexity index is 891. The summed E-state index contributed by atoms with van der Waals surface area (Å²) in [4.78, 5) is 34.2. The van der Waals surface area contributed by atoms with Gasteiger partial charge in [-0.2, -0.15) is 0 Å². The highest BCUT2D eigenvalue weighted by atomic mass is 35.5. The molecule has 0 unspecified atom stereocenters. The molecular formula is C18H18ClN3O5. The van der Waals surface area contributed by atoms with Gasteiger partial charge in [0.15, 0.2) is 0 Å². The second kappa shape index (κ2) is 8.50. The number of rotatable bonds is 5. The molecule has 0 spiro atoms. The van der Waals surface area contributed by atoms with E-state index in [2.05, 4.69) is 10.6 Å². The predicted molar refractivity (Wildman–Crippen MR) is 101 cm³/mol. The minimum atomic E-state index is -0.532. The highest BCUT2D eigenvalue weighted by Gasteiger charge is 2.14. The van der Waals surface area contributed by atoms with Crippen LogP contribution in [-0.4, -0.2) is 24.0 Å². The number of carbonyl (C=O) groups excluding carboxylic acids is 2. The molecule has 0 radical (unpaired) electrons. The molecule has 0 aliphatic rings. The number of hydrogen-bond acceptors (Lipinski definition) is 5. The molecular weight excluding hydrogens is 374 g/mol. The second-order valence-electron chi connectivity index (χ2n) is 5.82. The van der Waals surface area contributed by atoms with E-state index in [1.165, 1.54) is 25.3 Å². The van der Waals surface area contributed by atoms with Crippen LogP contribution >= 0.6 is 11.6 Å². The number of amides is 2. The average molecular weight is 392 g/mol. The van der Waals surface area contributed by atoms with Gasteiger partial charge in [0, 0.05) is 29.4 Å². The molecule has 0 aromatic heterocycles. The van der Waals surface area contributed by atoms with E-state index in [4.69, 9.17) is 16.3 Å². The summed E-state index contributed by atoms with van der Waals surface area (Å²) in [6.07, 6.45) is 0. The van der Waals surface area contributed by atoms with Crippen LogP contribution in [0.5, 0.6) is 0 Å². The zero-order valence-electron chi connectivity index (χ0n) is 15.0. The molecule has 142 valence electrons. The van der Waals surface area contributed by atoms with E-state index in [0.29, 0.717) is 33.0 Å². The standard InChI is InChI=1S/C18H18ClN3O5/c1-10-6-12(17(23)27-3)7-11(2)16(10)21-18(24)20-9-13-8-14(22(25)26)4-5-15(13)19/h4-8H,9H2,1-3H3,(H2,20,21,24). The fraction of sp³-hybridized carbons (Fsp3) is 0.222. The van der Waals surface area contributed by atoms with Crippen LogP contribution in [-0.2, 0) is 11.3 Å². The van der Waals surface area contributed by atoms with Crippen molar-refractivity contribution in [1.82, 2.24) is 5.32 Å². The van der Waals surface area contributed by atoms with E-state index >= 15 is 0 Å². The number of carbonyl (C=O) groups is 2. The maximum Gasteiger partial charge on any atom is 0.337 e. The Morgan fingerprint density at radius 1 is 1.19 bits per heavy atom. The number of urea groups is 1. The number of nitro groups is 1. The zero-order valence-corrected chi connectivity index (χ0v) is 15.7. The predicted octanol–water partition coefficient (Wildman–Crippen LogP) is 3.97. The van der Waals surface area contributed by atoms with Gasteiger partial charge in [-0.15, -0.1) is 0 Å². The fourth-order valence-corrected chi connectivity index (χ4v) is 2.72. The molecule has 8 nitrogen and oxygen atoms in total. The summed E-state index contributed by atoms with van der Waals surface area (Å²) in [5.74, 6) is -0.461. The quantitative estimate of drug-likeness (QED) is 0.455. The van der Waals surface area contributed by atoms with Gasteiger partial charge in [-0.1, -0.05) is 11.6 Å². The number of ether oxygens (including phenoxy) is 1. The Morgan fingerprint density at radius 3 is 2.37 bits per heavy atom. The first-order valence-corrected chi connectivity index (χ1v) is 8.28. The normalized spacial score (nSPS) is 10.2. The van der Waals surface area contributed by atoms with E-state index in [9.17, 15) is 19.7 Å². The van der Waals surface area contributed by atoms with Crippen LogP contribution in [0.4, 0.5) is 16.2 Å². The Morgan fingerprint density at radius 2 is 1.81 bits per heavy atom. The number of methoxy groups -OCH3 is 1. The van der Waals surface area contributed by atoms with Gasteiger partial charge in [-0.25, -0.2) is 9.59 Å². The van der Waals surface area contributed by atoms with Crippen LogP contribution < -0.4 is 10.6 Å². The number of anilines is 1. The molecule has 0 atom stereocenters. The minimum absolute atomic E-state index is 0.0185. The Balaban J connectivity index is 2.10. The maximum absolute atomic E-state index is 12.2. The molecule has 0 saturated carbocycles.